The Labute approximate surface area is 111 Å². The van der Waals surface area contributed by atoms with Crippen LogP contribution in [0.5, 0.6) is 0 Å². The van der Waals surface area contributed by atoms with Crippen LogP contribution < -0.4 is 11.1 Å². The molecule has 0 amide bonds. The summed E-state index contributed by atoms with van der Waals surface area (Å²) in [5, 5.41) is 3.46. The highest BCUT2D eigenvalue weighted by Crippen LogP contribution is 2.24. The largest absolute Gasteiger partial charge is 0.397 e. The lowest BCUT2D eigenvalue weighted by molar-refractivity contribution is 0.217. The van der Waals surface area contributed by atoms with Crippen LogP contribution in [0.2, 0.25) is 0 Å². The molecule has 1 heterocycles. The number of nitrogens with zero attached hydrogens (tertiary/aromatic N) is 1. The van der Waals surface area contributed by atoms with Gasteiger partial charge in [-0.15, -0.1) is 0 Å². The average Bonchev–Trinajstić information content (AvgIpc) is 2.28. The summed E-state index contributed by atoms with van der Waals surface area (Å²) in [5.74, 6) is 0.733. The number of halogens is 1. The molecule has 3 N–H and O–H groups in total. The van der Waals surface area contributed by atoms with Gasteiger partial charge in [0.15, 0.2) is 0 Å². The second-order valence-electron chi connectivity index (χ2n) is 4.88. The van der Waals surface area contributed by atoms with Gasteiger partial charge in [-0.3, -0.25) is 0 Å². The number of nitrogen functional groups attached to an aromatic ring is 1. The molecule has 2 rings (SSSR count). The second-order valence-corrected chi connectivity index (χ2v) is 5.80. The topological polar surface area (TPSA) is 41.3 Å². The molecule has 4 heteroatoms. The minimum absolute atomic E-state index is 0.733. The third-order valence-electron chi connectivity index (χ3n) is 3.32. The van der Waals surface area contributed by atoms with Crippen LogP contribution in [-0.2, 0) is 0 Å². The molecule has 1 unspecified atom stereocenters. The van der Waals surface area contributed by atoms with Crippen LogP contribution in [0.3, 0.4) is 0 Å². The normalized spacial score (nSPS) is 21.4. The number of piperidine rings is 1. The summed E-state index contributed by atoms with van der Waals surface area (Å²) in [6.07, 6.45) is 2.62. The third kappa shape index (κ3) is 3.61. The van der Waals surface area contributed by atoms with Crippen LogP contribution >= 0.6 is 15.9 Å². The Morgan fingerprint density at radius 3 is 3.06 bits per heavy atom. The molecule has 0 saturated carbocycles. The Balaban J connectivity index is 1.88. The van der Waals surface area contributed by atoms with E-state index >= 15 is 0 Å². The zero-order chi connectivity index (χ0) is 12.3. The van der Waals surface area contributed by atoms with Gasteiger partial charge in [-0.2, -0.15) is 0 Å². The first-order valence-corrected chi connectivity index (χ1v) is 6.92. The summed E-state index contributed by atoms with van der Waals surface area (Å²) in [7, 11) is 2.19. The number of rotatable bonds is 3. The maximum absolute atomic E-state index is 5.96. The maximum atomic E-state index is 5.96. The minimum Gasteiger partial charge on any atom is -0.397 e. The van der Waals surface area contributed by atoms with Gasteiger partial charge in [-0.1, -0.05) is 15.9 Å². The van der Waals surface area contributed by atoms with E-state index in [4.69, 9.17) is 5.73 Å². The van der Waals surface area contributed by atoms with Crippen molar-refractivity contribution in [2.75, 3.05) is 37.7 Å². The fourth-order valence-electron chi connectivity index (χ4n) is 2.39. The van der Waals surface area contributed by atoms with Gasteiger partial charge >= 0.3 is 0 Å². The van der Waals surface area contributed by atoms with Crippen LogP contribution in [0.1, 0.15) is 12.8 Å². The summed E-state index contributed by atoms with van der Waals surface area (Å²) < 4.78 is 1.03. The van der Waals surface area contributed by atoms with Crippen LogP contribution in [0.4, 0.5) is 11.4 Å². The Morgan fingerprint density at radius 1 is 1.53 bits per heavy atom. The lowest BCUT2D eigenvalue weighted by Gasteiger charge is -2.30. The molecule has 3 nitrogen and oxygen atoms in total. The van der Waals surface area contributed by atoms with Crippen molar-refractivity contribution < 1.29 is 0 Å². The van der Waals surface area contributed by atoms with Crippen molar-refractivity contribution in [3.63, 3.8) is 0 Å². The molecule has 0 radical (unpaired) electrons. The molecule has 1 aliphatic heterocycles. The predicted molar refractivity (Wildman–Crippen MR) is 77.3 cm³/mol. The number of hydrogen-bond donors (Lipinski definition) is 2. The van der Waals surface area contributed by atoms with E-state index in [1.54, 1.807) is 0 Å². The predicted octanol–water partition coefficient (Wildman–Crippen LogP) is 2.79. The number of anilines is 2. The molecule has 1 aromatic carbocycles. The van der Waals surface area contributed by atoms with Gasteiger partial charge in [0.1, 0.15) is 0 Å². The number of nitrogens with one attached hydrogen (secondary N) is 1. The van der Waals surface area contributed by atoms with Crippen LogP contribution in [0.15, 0.2) is 22.7 Å². The van der Waals surface area contributed by atoms with E-state index < -0.39 is 0 Å². The molecule has 94 valence electrons. The first kappa shape index (κ1) is 12.7. The Morgan fingerprint density at radius 2 is 2.35 bits per heavy atom. The summed E-state index contributed by atoms with van der Waals surface area (Å²) in [6.45, 7) is 3.43. The molecule has 1 aromatic rings. The van der Waals surface area contributed by atoms with Gasteiger partial charge in [0.2, 0.25) is 0 Å². The highest BCUT2D eigenvalue weighted by Gasteiger charge is 2.16. The summed E-state index contributed by atoms with van der Waals surface area (Å²) >= 11 is 3.42. The van der Waals surface area contributed by atoms with Gasteiger partial charge in [0, 0.05) is 17.6 Å². The number of likely N-dealkylation sites (tertiary alicyclic amines) is 1. The van der Waals surface area contributed by atoms with Crippen molar-refractivity contribution in [2.45, 2.75) is 12.8 Å². The summed E-state index contributed by atoms with van der Waals surface area (Å²) in [4.78, 5) is 2.40. The summed E-state index contributed by atoms with van der Waals surface area (Å²) in [6, 6.07) is 5.99. The zero-order valence-electron chi connectivity index (χ0n) is 10.2. The highest BCUT2D eigenvalue weighted by molar-refractivity contribution is 9.10. The van der Waals surface area contributed by atoms with E-state index in [0.717, 1.165) is 28.3 Å². The van der Waals surface area contributed by atoms with Crippen LogP contribution in [-0.4, -0.2) is 31.6 Å². The van der Waals surface area contributed by atoms with E-state index in [0.29, 0.717) is 0 Å². The average molecular weight is 298 g/mol. The molecule has 1 saturated heterocycles. The SMILES string of the molecule is CN1CCCC(CNc2ccc(Br)cc2N)C1. The Hall–Kier alpha value is -0.740. The third-order valence-corrected chi connectivity index (χ3v) is 3.81. The monoisotopic (exact) mass is 297 g/mol. The molecule has 1 fully saturated rings. The Kier molecular flexibility index (Phi) is 4.29. The number of hydrogen-bond acceptors (Lipinski definition) is 3. The minimum atomic E-state index is 0.733. The van der Waals surface area contributed by atoms with Gasteiger partial charge in [0.25, 0.3) is 0 Å². The molecular formula is C13H20BrN3. The van der Waals surface area contributed by atoms with Gasteiger partial charge < -0.3 is 16.0 Å². The van der Waals surface area contributed by atoms with E-state index in [1.165, 1.54) is 25.9 Å². The molecule has 0 bridgehead atoms. The van der Waals surface area contributed by atoms with Crippen molar-refractivity contribution in [3.05, 3.63) is 22.7 Å². The molecule has 17 heavy (non-hydrogen) atoms. The van der Waals surface area contributed by atoms with E-state index in [9.17, 15) is 0 Å². The van der Waals surface area contributed by atoms with Gasteiger partial charge in [0.05, 0.1) is 11.4 Å². The molecule has 0 spiro atoms. The lowest BCUT2D eigenvalue weighted by atomic mass is 9.98. The van der Waals surface area contributed by atoms with E-state index in [1.807, 2.05) is 18.2 Å². The number of nitrogens with two attached hydrogens (primary N) is 1. The fourth-order valence-corrected chi connectivity index (χ4v) is 2.77. The van der Waals surface area contributed by atoms with Gasteiger partial charge in [-0.05, 0) is 50.6 Å². The highest BCUT2D eigenvalue weighted by atomic mass is 79.9. The van der Waals surface area contributed by atoms with Crippen molar-refractivity contribution in [1.82, 2.24) is 4.90 Å². The molecular weight excluding hydrogens is 278 g/mol. The standard InChI is InChI=1S/C13H20BrN3/c1-17-6-2-3-10(9-17)8-16-13-5-4-11(14)7-12(13)15/h4-5,7,10,16H,2-3,6,8-9,15H2,1H3. The Bertz CT molecular complexity index is 381. The van der Waals surface area contributed by atoms with Crippen molar-refractivity contribution in [2.24, 2.45) is 5.92 Å². The van der Waals surface area contributed by atoms with E-state index in [2.05, 4.69) is 33.2 Å². The smallest absolute Gasteiger partial charge is 0.0574 e. The second kappa shape index (κ2) is 5.74. The maximum Gasteiger partial charge on any atom is 0.0574 e. The molecule has 1 atom stereocenters. The van der Waals surface area contributed by atoms with Crippen molar-refractivity contribution >= 4 is 27.3 Å². The van der Waals surface area contributed by atoms with Crippen molar-refractivity contribution in [3.8, 4) is 0 Å². The van der Waals surface area contributed by atoms with Crippen LogP contribution in [0, 0.1) is 5.92 Å². The zero-order valence-corrected chi connectivity index (χ0v) is 11.8. The van der Waals surface area contributed by atoms with Crippen molar-refractivity contribution in [1.29, 1.82) is 0 Å². The molecule has 1 aliphatic rings. The quantitative estimate of drug-likeness (QED) is 0.843. The fraction of sp³-hybridized carbons (Fsp3) is 0.538. The first-order chi connectivity index (χ1) is 8.15. The molecule has 0 aliphatic carbocycles. The molecule has 0 aromatic heterocycles. The lowest BCUT2D eigenvalue weighted by Crippen LogP contribution is -2.35. The van der Waals surface area contributed by atoms with Crippen LogP contribution in [0.25, 0.3) is 0 Å². The first-order valence-electron chi connectivity index (χ1n) is 6.12. The number of benzene rings is 1. The van der Waals surface area contributed by atoms with Gasteiger partial charge in [-0.25, -0.2) is 0 Å². The van der Waals surface area contributed by atoms with E-state index in [-0.39, 0.29) is 0 Å². The summed E-state index contributed by atoms with van der Waals surface area (Å²) in [5.41, 5.74) is 7.81.